The first-order chi connectivity index (χ1) is 7.13. The summed E-state index contributed by atoms with van der Waals surface area (Å²) in [5.41, 5.74) is 3.64. The van der Waals surface area contributed by atoms with Crippen molar-refractivity contribution >= 4 is 11.7 Å². The van der Waals surface area contributed by atoms with Gasteiger partial charge in [-0.15, -0.1) is 0 Å². The van der Waals surface area contributed by atoms with E-state index in [1.807, 2.05) is 14.0 Å². The summed E-state index contributed by atoms with van der Waals surface area (Å²) in [6, 6.07) is 2.12. The standard InChI is InChI=1S/C12H17N3/c1-5-11-13-7-10-8(2)6-9(3)14-12(10)15(11)4/h6H,5,7H2,1-4H3. The molecule has 0 spiro atoms. The molecule has 0 bridgehead atoms. The summed E-state index contributed by atoms with van der Waals surface area (Å²) in [6.45, 7) is 7.08. The second-order valence-corrected chi connectivity index (χ2v) is 4.03. The molecular weight excluding hydrogens is 186 g/mol. The van der Waals surface area contributed by atoms with Crippen molar-refractivity contribution in [2.75, 3.05) is 11.9 Å². The van der Waals surface area contributed by atoms with Crippen LogP contribution in [-0.2, 0) is 6.54 Å². The molecule has 0 radical (unpaired) electrons. The number of rotatable bonds is 1. The molecule has 2 heterocycles. The first-order valence-corrected chi connectivity index (χ1v) is 5.37. The van der Waals surface area contributed by atoms with E-state index in [-0.39, 0.29) is 0 Å². The van der Waals surface area contributed by atoms with Crippen molar-refractivity contribution in [2.45, 2.75) is 33.7 Å². The van der Waals surface area contributed by atoms with Crippen LogP contribution in [0.25, 0.3) is 0 Å². The lowest BCUT2D eigenvalue weighted by Gasteiger charge is -2.27. The van der Waals surface area contributed by atoms with Crippen LogP contribution in [0.1, 0.15) is 30.2 Å². The molecule has 0 amide bonds. The Kier molecular flexibility index (Phi) is 2.47. The van der Waals surface area contributed by atoms with Gasteiger partial charge in [-0.3, -0.25) is 4.99 Å². The van der Waals surface area contributed by atoms with E-state index in [1.54, 1.807) is 0 Å². The number of aliphatic imine (C=N–C) groups is 1. The molecule has 80 valence electrons. The summed E-state index contributed by atoms with van der Waals surface area (Å²) >= 11 is 0. The van der Waals surface area contributed by atoms with E-state index in [1.165, 1.54) is 11.1 Å². The van der Waals surface area contributed by atoms with Crippen LogP contribution < -0.4 is 4.90 Å². The quantitative estimate of drug-likeness (QED) is 0.701. The molecule has 0 atom stereocenters. The highest BCUT2D eigenvalue weighted by atomic mass is 15.2. The molecule has 3 nitrogen and oxygen atoms in total. The van der Waals surface area contributed by atoms with Crippen LogP contribution in [0.15, 0.2) is 11.1 Å². The molecule has 1 aliphatic rings. The third-order valence-corrected chi connectivity index (χ3v) is 2.89. The molecule has 0 aliphatic carbocycles. The Balaban J connectivity index is 2.52. The maximum atomic E-state index is 4.60. The van der Waals surface area contributed by atoms with Crippen molar-refractivity contribution in [1.82, 2.24) is 4.98 Å². The van der Waals surface area contributed by atoms with Gasteiger partial charge in [0, 0.05) is 24.7 Å². The predicted octanol–water partition coefficient (Wildman–Crippen LogP) is 2.46. The number of anilines is 1. The van der Waals surface area contributed by atoms with Gasteiger partial charge in [0.15, 0.2) is 0 Å². The lowest BCUT2D eigenvalue weighted by molar-refractivity contribution is 0.921. The molecule has 15 heavy (non-hydrogen) atoms. The van der Waals surface area contributed by atoms with Crippen molar-refractivity contribution in [3.05, 3.63) is 22.9 Å². The second-order valence-electron chi connectivity index (χ2n) is 4.03. The monoisotopic (exact) mass is 203 g/mol. The van der Waals surface area contributed by atoms with Crippen molar-refractivity contribution in [2.24, 2.45) is 4.99 Å². The summed E-state index contributed by atoms with van der Waals surface area (Å²) in [4.78, 5) is 11.3. The third kappa shape index (κ3) is 1.62. The zero-order valence-electron chi connectivity index (χ0n) is 9.83. The number of pyridine rings is 1. The van der Waals surface area contributed by atoms with Gasteiger partial charge in [-0.25, -0.2) is 4.98 Å². The highest BCUT2D eigenvalue weighted by Gasteiger charge is 2.19. The van der Waals surface area contributed by atoms with E-state index in [9.17, 15) is 0 Å². The van der Waals surface area contributed by atoms with Crippen molar-refractivity contribution in [3.8, 4) is 0 Å². The van der Waals surface area contributed by atoms with E-state index in [0.717, 1.165) is 30.3 Å². The smallest absolute Gasteiger partial charge is 0.139 e. The maximum absolute atomic E-state index is 4.60. The lowest BCUT2D eigenvalue weighted by atomic mass is 10.1. The zero-order valence-corrected chi connectivity index (χ0v) is 9.83. The fourth-order valence-corrected chi connectivity index (χ4v) is 2.06. The Labute approximate surface area is 90.9 Å². The van der Waals surface area contributed by atoms with Gasteiger partial charge in [0.2, 0.25) is 0 Å². The van der Waals surface area contributed by atoms with Gasteiger partial charge >= 0.3 is 0 Å². The number of hydrogen-bond donors (Lipinski definition) is 0. The molecule has 1 aromatic heterocycles. The summed E-state index contributed by atoms with van der Waals surface area (Å²) in [6.07, 6.45) is 0.963. The topological polar surface area (TPSA) is 28.5 Å². The van der Waals surface area contributed by atoms with Crippen LogP contribution in [0.5, 0.6) is 0 Å². The predicted molar refractivity (Wildman–Crippen MR) is 63.5 cm³/mol. The molecule has 1 aromatic rings. The van der Waals surface area contributed by atoms with E-state index in [4.69, 9.17) is 0 Å². The van der Waals surface area contributed by atoms with Crippen LogP contribution in [0.3, 0.4) is 0 Å². The van der Waals surface area contributed by atoms with Crippen LogP contribution in [-0.4, -0.2) is 17.9 Å². The average molecular weight is 203 g/mol. The van der Waals surface area contributed by atoms with Gasteiger partial charge in [0.05, 0.1) is 6.54 Å². The van der Waals surface area contributed by atoms with E-state index in [0.29, 0.717) is 0 Å². The first kappa shape index (κ1) is 10.1. The largest absolute Gasteiger partial charge is 0.318 e. The van der Waals surface area contributed by atoms with Crippen LogP contribution in [0.2, 0.25) is 0 Å². The van der Waals surface area contributed by atoms with Gasteiger partial charge in [-0.2, -0.15) is 0 Å². The fourth-order valence-electron chi connectivity index (χ4n) is 2.06. The van der Waals surface area contributed by atoms with Gasteiger partial charge < -0.3 is 4.90 Å². The molecule has 0 saturated heterocycles. The summed E-state index contributed by atoms with van der Waals surface area (Å²) in [7, 11) is 2.05. The van der Waals surface area contributed by atoms with E-state index >= 15 is 0 Å². The number of aromatic nitrogens is 1. The van der Waals surface area contributed by atoms with E-state index in [2.05, 4.69) is 34.8 Å². The molecule has 3 heteroatoms. The molecular formula is C12H17N3. The van der Waals surface area contributed by atoms with Gasteiger partial charge in [0.1, 0.15) is 11.7 Å². The van der Waals surface area contributed by atoms with Gasteiger partial charge in [-0.05, 0) is 25.5 Å². The molecule has 2 rings (SSSR count). The summed E-state index contributed by atoms with van der Waals surface area (Å²) < 4.78 is 0. The highest BCUT2D eigenvalue weighted by molar-refractivity contribution is 5.98. The summed E-state index contributed by atoms with van der Waals surface area (Å²) in [5, 5.41) is 0. The Bertz CT molecular complexity index is 421. The minimum atomic E-state index is 0.780. The molecule has 0 saturated carbocycles. The zero-order chi connectivity index (χ0) is 11.0. The number of amidine groups is 1. The molecule has 0 fully saturated rings. The Morgan fingerprint density at radius 1 is 1.40 bits per heavy atom. The fraction of sp³-hybridized carbons (Fsp3) is 0.500. The SMILES string of the molecule is CCC1=NCc2c(C)cc(C)nc2N1C. The normalized spacial score (nSPS) is 14.9. The van der Waals surface area contributed by atoms with Crippen LogP contribution in [0, 0.1) is 13.8 Å². The minimum Gasteiger partial charge on any atom is -0.318 e. The summed E-state index contributed by atoms with van der Waals surface area (Å²) in [5.74, 6) is 2.21. The molecule has 0 aromatic carbocycles. The third-order valence-electron chi connectivity index (χ3n) is 2.89. The van der Waals surface area contributed by atoms with Crippen molar-refractivity contribution < 1.29 is 0 Å². The number of hydrogen-bond acceptors (Lipinski definition) is 3. The average Bonchev–Trinajstić information content (AvgIpc) is 2.19. The number of fused-ring (bicyclic) bond motifs is 1. The lowest BCUT2D eigenvalue weighted by Crippen LogP contribution is -2.31. The first-order valence-electron chi connectivity index (χ1n) is 5.37. The molecule has 1 aliphatic heterocycles. The van der Waals surface area contributed by atoms with Crippen molar-refractivity contribution in [3.63, 3.8) is 0 Å². The second kappa shape index (κ2) is 3.65. The number of aryl methyl sites for hydroxylation is 2. The molecule has 0 N–H and O–H groups in total. The highest BCUT2D eigenvalue weighted by Crippen LogP contribution is 2.26. The van der Waals surface area contributed by atoms with Crippen LogP contribution in [0.4, 0.5) is 5.82 Å². The molecule has 0 unspecified atom stereocenters. The number of nitrogens with zero attached hydrogens (tertiary/aromatic N) is 3. The Morgan fingerprint density at radius 2 is 2.13 bits per heavy atom. The Morgan fingerprint density at radius 3 is 2.80 bits per heavy atom. The van der Waals surface area contributed by atoms with Gasteiger partial charge in [-0.1, -0.05) is 6.92 Å². The Hall–Kier alpha value is -1.38. The van der Waals surface area contributed by atoms with Crippen LogP contribution >= 0.6 is 0 Å². The van der Waals surface area contributed by atoms with Gasteiger partial charge in [0.25, 0.3) is 0 Å². The minimum absolute atomic E-state index is 0.780. The van der Waals surface area contributed by atoms with Crippen molar-refractivity contribution in [1.29, 1.82) is 0 Å². The van der Waals surface area contributed by atoms with E-state index < -0.39 is 0 Å². The maximum Gasteiger partial charge on any atom is 0.139 e.